The van der Waals surface area contributed by atoms with Crippen molar-refractivity contribution in [1.29, 1.82) is 0 Å². The lowest BCUT2D eigenvalue weighted by Crippen LogP contribution is -2.17. The van der Waals surface area contributed by atoms with Crippen LogP contribution in [0.3, 0.4) is 0 Å². The fraction of sp³-hybridized carbons (Fsp3) is 0.273. The quantitative estimate of drug-likeness (QED) is 0.502. The Balaban J connectivity index is 2.15. The third kappa shape index (κ3) is 4.76. The first-order chi connectivity index (χ1) is 15.3. The molecule has 176 valence electrons. The molecule has 0 bridgehead atoms. The minimum atomic E-state index is -4.91. The van der Waals surface area contributed by atoms with Gasteiger partial charge in [0.05, 0.1) is 5.52 Å². The Morgan fingerprint density at radius 2 is 1.79 bits per heavy atom. The van der Waals surface area contributed by atoms with Gasteiger partial charge in [0.15, 0.2) is 17.4 Å². The van der Waals surface area contributed by atoms with Crippen LogP contribution in [0, 0.1) is 18.6 Å². The summed E-state index contributed by atoms with van der Waals surface area (Å²) in [6.07, 6.45) is -4.74. The molecule has 0 aliphatic heterocycles. The van der Waals surface area contributed by atoms with Crippen LogP contribution < -0.4 is 10.5 Å². The fourth-order valence-electron chi connectivity index (χ4n) is 3.81. The maximum atomic E-state index is 14.9. The van der Waals surface area contributed by atoms with Gasteiger partial charge in [0.25, 0.3) is 5.91 Å². The van der Waals surface area contributed by atoms with Gasteiger partial charge in [-0.25, -0.2) is 8.78 Å². The largest absolute Gasteiger partial charge is 0.573 e. The average molecular weight is 470 g/mol. The highest BCUT2D eigenvalue weighted by Crippen LogP contribution is 2.39. The standard InChI is InChI=1S/C22H19F5N2O4/c1-10(3-8-16(28)30)17-11(2)29(15-9-14(23)20(31)19(24)18(15)17)21(32)12-4-6-13(7-5-12)33-22(25,26)27/h4-7,9-10,31H,3,8H2,1-2H3,(H2,28,30)/t10-/m0/s1. The number of carbonyl (C=O) groups is 2. The van der Waals surface area contributed by atoms with Gasteiger partial charge < -0.3 is 15.6 Å². The molecule has 33 heavy (non-hydrogen) atoms. The molecule has 1 amide bonds. The molecule has 2 aromatic carbocycles. The molecular formula is C22H19F5N2O4. The molecule has 3 rings (SSSR count). The SMILES string of the molecule is Cc1c([C@@H](C)CCC(N)=O)c2c(F)c(O)c(F)cc2n1C(=O)c1ccc(OC(F)(F)F)cc1. The lowest BCUT2D eigenvalue weighted by molar-refractivity contribution is -0.274. The van der Waals surface area contributed by atoms with Gasteiger partial charge in [-0.15, -0.1) is 13.2 Å². The normalized spacial score (nSPS) is 12.7. The first-order valence-electron chi connectivity index (χ1n) is 9.72. The summed E-state index contributed by atoms with van der Waals surface area (Å²) in [7, 11) is 0. The van der Waals surface area contributed by atoms with E-state index in [2.05, 4.69) is 4.74 Å². The molecule has 0 saturated heterocycles. The highest BCUT2D eigenvalue weighted by Gasteiger charge is 2.31. The smallest absolute Gasteiger partial charge is 0.503 e. The molecule has 3 aromatic rings. The zero-order chi connectivity index (χ0) is 24.7. The number of hydrogen-bond acceptors (Lipinski definition) is 4. The molecule has 0 aliphatic rings. The van der Waals surface area contributed by atoms with E-state index in [9.17, 15) is 36.6 Å². The van der Waals surface area contributed by atoms with Gasteiger partial charge >= 0.3 is 6.36 Å². The van der Waals surface area contributed by atoms with Crippen molar-refractivity contribution in [2.75, 3.05) is 0 Å². The molecule has 1 atom stereocenters. The van der Waals surface area contributed by atoms with E-state index in [1.807, 2.05) is 0 Å². The van der Waals surface area contributed by atoms with Gasteiger partial charge in [0.1, 0.15) is 5.75 Å². The minimum Gasteiger partial charge on any atom is -0.503 e. The maximum absolute atomic E-state index is 14.9. The lowest BCUT2D eigenvalue weighted by Gasteiger charge is -2.13. The molecule has 0 fully saturated rings. The summed E-state index contributed by atoms with van der Waals surface area (Å²) in [6, 6.07) is 4.83. The van der Waals surface area contributed by atoms with Gasteiger partial charge in [-0.3, -0.25) is 14.2 Å². The van der Waals surface area contributed by atoms with E-state index in [1.165, 1.54) is 6.92 Å². The first-order valence-corrected chi connectivity index (χ1v) is 9.72. The number of nitrogens with two attached hydrogens (primary N) is 1. The van der Waals surface area contributed by atoms with Crippen LogP contribution in [0.4, 0.5) is 22.0 Å². The number of hydrogen-bond donors (Lipinski definition) is 2. The number of fused-ring (bicyclic) bond motifs is 1. The minimum absolute atomic E-state index is 0.0311. The summed E-state index contributed by atoms with van der Waals surface area (Å²) < 4.78 is 71.0. The van der Waals surface area contributed by atoms with Gasteiger partial charge in [-0.05, 0) is 49.1 Å². The predicted molar refractivity (Wildman–Crippen MR) is 108 cm³/mol. The molecule has 11 heteroatoms. The van der Waals surface area contributed by atoms with Gasteiger partial charge in [0, 0.05) is 29.1 Å². The third-order valence-electron chi connectivity index (χ3n) is 5.26. The number of benzene rings is 2. The second kappa shape index (κ2) is 8.72. The van der Waals surface area contributed by atoms with Crippen molar-refractivity contribution in [3.05, 3.63) is 58.8 Å². The topological polar surface area (TPSA) is 94.5 Å². The Labute approximate surface area is 184 Å². The molecule has 0 spiro atoms. The Hall–Kier alpha value is -3.63. The van der Waals surface area contributed by atoms with Crippen LogP contribution in [0.15, 0.2) is 30.3 Å². The van der Waals surface area contributed by atoms with E-state index in [1.54, 1.807) is 6.92 Å². The zero-order valence-corrected chi connectivity index (χ0v) is 17.5. The molecule has 1 aromatic heterocycles. The third-order valence-corrected chi connectivity index (χ3v) is 5.26. The van der Waals surface area contributed by atoms with Gasteiger partial charge in [-0.2, -0.15) is 0 Å². The van der Waals surface area contributed by atoms with Crippen LogP contribution >= 0.6 is 0 Å². The Kier molecular flexibility index (Phi) is 6.35. The van der Waals surface area contributed by atoms with Crippen molar-refractivity contribution in [3.63, 3.8) is 0 Å². The molecule has 0 saturated carbocycles. The van der Waals surface area contributed by atoms with Gasteiger partial charge in [0.2, 0.25) is 5.91 Å². The number of ether oxygens (including phenoxy) is 1. The van der Waals surface area contributed by atoms with Crippen LogP contribution in [0.1, 0.15) is 47.3 Å². The number of phenolic OH excluding ortho intramolecular Hbond substituents is 1. The lowest BCUT2D eigenvalue weighted by atomic mass is 9.93. The van der Waals surface area contributed by atoms with Crippen LogP contribution in [0.5, 0.6) is 11.5 Å². The number of aromatic nitrogens is 1. The highest BCUT2D eigenvalue weighted by molar-refractivity contribution is 6.04. The van der Waals surface area contributed by atoms with E-state index >= 15 is 0 Å². The molecule has 0 aliphatic carbocycles. The van der Waals surface area contributed by atoms with E-state index in [4.69, 9.17) is 5.73 Å². The highest BCUT2D eigenvalue weighted by atomic mass is 19.4. The Bertz CT molecular complexity index is 1230. The number of rotatable bonds is 6. The van der Waals surface area contributed by atoms with Crippen molar-refractivity contribution >= 4 is 22.7 Å². The summed E-state index contributed by atoms with van der Waals surface area (Å²) in [5.74, 6) is -6.19. The van der Waals surface area contributed by atoms with Crippen LogP contribution in [0.2, 0.25) is 0 Å². The van der Waals surface area contributed by atoms with E-state index in [0.29, 0.717) is 0 Å². The van der Waals surface area contributed by atoms with Gasteiger partial charge in [-0.1, -0.05) is 6.92 Å². The second-order valence-electron chi connectivity index (χ2n) is 7.53. The van der Waals surface area contributed by atoms with E-state index in [-0.39, 0.29) is 40.6 Å². The fourth-order valence-corrected chi connectivity index (χ4v) is 3.81. The molecule has 1 heterocycles. The number of phenols is 1. The van der Waals surface area contributed by atoms with E-state index in [0.717, 1.165) is 34.9 Å². The summed E-state index contributed by atoms with van der Waals surface area (Å²) in [5, 5.41) is 9.58. The number of nitrogens with zero attached hydrogens (tertiary/aromatic N) is 1. The number of amides is 1. The van der Waals surface area contributed by atoms with Crippen molar-refractivity contribution < 1.29 is 41.4 Å². The number of halogens is 5. The summed E-state index contributed by atoms with van der Waals surface area (Å²) in [4.78, 5) is 24.4. The monoisotopic (exact) mass is 470 g/mol. The zero-order valence-electron chi connectivity index (χ0n) is 17.5. The van der Waals surface area contributed by atoms with Crippen LogP contribution in [-0.4, -0.2) is 27.9 Å². The van der Waals surface area contributed by atoms with Crippen LogP contribution in [0.25, 0.3) is 10.9 Å². The molecular weight excluding hydrogens is 451 g/mol. The van der Waals surface area contributed by atoms with Crippen molar-refractivity contribution in [2.24, 2.45) is 5.73 Å². The molecule has 0 unspecified atom stereocenters. The predicted octanol–water partition coefficient (Wildman–Crippen LogP) is 4.89. The number of aromatic hydroxyl groups is 1. The number of alkyl halides is 3. The number of carbonyl (C=O) groups excluding carboxylic acids is 2. The molecule has 3 N–H and O–H groups in total. The van der Waals surface area contributed by atoms with Crippen molar-refractivity contribution in [2.45, 2.75) is 39.0 Å². The summed E-state index contributed by atoms with van der Waals surface area (Å²) in [6.45, 7) is 3.13. The second-order valence-corrected chi connectivity index (χ2v) is 7.53. The Morgan fingerprint density at radius 3 is 2.33 bits per heavy atom. The summed E-state index contributed by atoms with van der Waals surface area (Å²) >= 11 is 0. The Morgan fingerprint density at radius 1 is 1.18 bits per heavy atom. The van der Waals surface area contributed by atoms with Crippen LogP contribution in [-0.2, 0) is 4.79 Å². The van der Waals surface area contributed by atoms with Crippen molar-refractivity contribution in [3.8, 4) is 11.5 Å². The maximum Gasteiger partial charge on any atom is 0.573 e. The number of primary amides is 1. The molecule has 0 radical (unpaired) electrons. The van der Waals surface area contributed by atoms with E-state index < -0.39 is 47.2 Å². The van der Waals surface area contributed by atoms with Crippen molar-refractivity contribution in [1.82, 2.24) is 4.57 Å². The molecule has 6 nitrogen and oxygen atoms in total. The average Bonchev–Trinajstić information content (AvgIpc) is 3.01. The first kappa shape index (κ1) is 24.0. The summed E-state index contributed by atoms with van der Waals surface area (Å²) in [5.41, 5.74) is 5.41.